The maximum absolute atomic E-state index is 12.4. The van der Waals surface area contributed by atoms with E-state index >= 15 is 0 Å². The summed E-state index contributed by atoms with van der Waals surface area (Å²) in [5.41, 5.74) is 3.64. The Morgan fingerprint density at radius 3 is 2.64 bits per heavy atom. The second-order valence-corrected chi connectivity index (χ2v) is 7.21. The van der Waals surface area contributed by atoms with Gasteiger partial charge in [-0.05, 0) is 43.5 Å². The largest absolute Gasteiger partial charge is 0.319 e. The Bertz CT molecular complexity index is 1050. The number of aryl methyl sites for hydroxylation is 2. The zero-order chi connectivity index (χ0) is 20.3. The van der Waals surface area contributed by atoms with Crippen LogP contribution in [0.4, 0.5) is 11.4 Å². The van der Waals surface area contributed by atoms with Gasteiger partial charge in [-0.25, -0.2) is 0 Å². The fraction of sp³-hybridized carbons (Fsp3) is 0.211. The lowest BCUT2D eigenvalue weighted by Gasteiger charge is -2.11. The number of amides is 1. The summed E-state index contributed by atoms with van der Waals surface area (Å²) in [6.07, 6.45) is 1.60. The van der Waals surface area contributed by atoms with Crippen LogP contribution < -0.4 is 5.32 Å². The highest BCUT2D eigenvalue weighted by Crippen LogP contribution is 2.30. The zero-order valence-corrected chi connectivity index (χ0v) is 16.5. The first kappa shape index (κ1) is 19.6. The minimum absolute atomic E-state index is 0.0507. The predicted octanol–water partition coefficient (Wildman–Crippen LogP) is 3.83. The van der Waals surface area contributed by atoms with Crippen molar-refractivity contribution in [3.63, 3.8) is 0 Å². The molecule has 0 atom stereocenters. The van der Waals surface area contributed by atoms with Gasteiger partial charge < -0.3 is 5.32 Å². The maximum atomic E-state index is 12.4. The summed E-state index contributed by atoms with van der Waals surface area (Å²) in [6, 6.07) is 10.9. The molecule has 144 valence electrons. The molecular formula is C19H19N5O3S. The number of thioether (sulfide) groups is 1. The highest BCUT2D eigenvalue weighted by atomic mass is 32.2. The molecule has 9 heteroatoms. The fourth-order valence-corrected chi connectivity index (χ4v) is 3.46. The quantitative estimate of drug-likeness (QED) is 0.385. The number of aromatic nitrogens is 3. The lowest BCUT2D eigenvalue weighted by Crippen LogP contribution is -2.17. The Kier molecular flexibility index (Phi) is 5.74. The first-order chi connectivity index (χ1) is 13.4. The Balaban J connectivity index is 1.75. The molecule has 0 aliphatic rings. The van der Waals surface area contributed by atoms with E-state index in [2.05, 4.69) is 15.5 Å². The molecular weight excluding hydrogens is 378 g/mol. The number of carbonyl (C=O) groups excluding carboxylic acids is 1. The van der Waals surface area contributed by atoms with Gasteiger partial charge in [0, 0.05) is 6.07 Å². The molecule has 2 aromatic carbocycles. The Hall–Kier alpha value is -3.20. The molecule has 8 nitrogen and oxygen atoms in total. The fourth-order valence-electron chi connectivity index (χ4n) is 2.74. The Morgan fingerprint density at radius 2 is 1.93 bits per heavy atom. The van der Waals surface area contributed by atoms with Crippen molar-refractivity contribution in [3.8, 4) is 5.69 Å². The van der Waals surface area contributed by atoms with Crippen LogP contribution in [0.1, 0.15) is 16.7 Å². The number of hydrogen-bond acceptors (Lipinski definition) is 6. The number of carbonyl (C=O) groups is 1. The van der Waals surface area contributed by atoms with Crippen molar-refractivity contribution in [1.82, 2.24) is 14.8 Å². The molecule has 0 saturated carbocycles. The number of nitrogens with zero attached hydrogens (tertiary/aromatic N) is 4. The van der Waals surface area contributed by atoms with Gasteiger partial charge >= 0.3 is 0 Å². The number of nitrogens with one attached hydrogen (secondary N) is 1. The van der Waals surface area contributed by atoms with E-state index < -0.39 is 4.92 Å². The normalized spacial score (nSPS) is 10.7. The molecule has 0 unspecified atom stereocenters. The Morgan fingerprint density at radius 1 is 1.18 bits per heavy atom. The maximum Gasteiger partial charge on any atom is 0.293 e. The SMILES string of the molecule is Cc1ccccc1-n1cnnc1SCC(=O)Nc1c([N+](=O)[O-])ccc(C)c1C. The van der Waals surface area contributed by atoms with Gasteiger partial charge in [0.05, 0.1) is 16.4 Å². The first-order valence-electron chi connectivity index (χ1n) is 8.51. The number of nitro benzene ring substituents is 1. The van der Waals surface area contributed by atoms with Crippen LogP contribution in [0.2, 0.25) is 0 Å². The molecule has 28 heavy (non-hydrogen) atoms. The topological polar surface area (TPSA) is 103 Å². The van der Waals surface area contributed by atoms with E-state index in [0.29, 0.717) is 10.7 Å². The van der Waals surface area contributed by atoms with Gasteiger partial charge in [-0.2, -0.15) is 0 Å². The van der Waals surface area contributed by atoms with Gasteiger partial charge in [-0.1, -0.05) is 36.0 Å². The molecule has 1 aromatic heterocycles. The van der Waals surface area contributed by atoms with Crippen LogP contribution in [0.3, 0.4) is 0 Å². The minimum Gasteiger partial charge on any atom is -0.319 e. The van der Waals surface area contributed by atoms with Gasteiger partial charge in [0.2, 0.25) is 5.91 Å². The molecule has 1 N–H and O–H groups in total. The molecule has 0 aliphatic carbocycles. The van der Waals surface area contributed by atoms with Crippen LogP contribution in [0, 0.1) is 30.9 Å². The molecule has 0 spiro atoms. The van der Waals surface area contributed by atoms with Crippen molar-refractivity contribution in [2.45, 2.75) is 25.9 Å². The van der Waals surface area contributed by atoms with Crippen molar-refractivity contribution in [2.24, 2.45) is 0 Å². The molecule has 0 fully saturated rings. The van der Waals surface area contributed by atoms with E-state index in [0.717, 1.165) is 16.8 Å². The van der Waals surface area contributed by atoms with E-state index in [9.17, 15) is 14.9 Å². The number of benzene rings is 2. The Labute approximate surface area is 166 Å². The lowest BCUT2D eigenvalue weighted by molar-refractivity contribution is -0.384. The van der Waals surface area contributed by atoms with Crippen molar-refractivity contribution in [3.05, 3.63) is 69.5 Å². The minimum atomic E-state index is -0.496. The molecule has 3 aromatic rings. The van der Waals surface area contributed by atoms with Gasteiger partial charge in [-0.3, -0.25) is 19.5 Å². The van der Waals surface area contributed by atoms with E-state index in [4.69, 9.17) is 0 Å². The standard InChI is InChI=1S/C19H19N5O3S/c1-12-8-9-16(24(26)27)18(14(12)3)21-17(25)10-28-19-22-20-11-23(19)15-7-5-4-6-13(15)2/h4-9,11H,10H2,1-3H3,(H,21,25). The second kappa shape index (κ2) is 8.22. The summed E-state index contributed by atoms with van der Waals surface area (Å²) in [7, 11) is 0. The van der Waals surface area contributed by atoms with Crippen LogP contribution in [-0.2, 0) is 4.79 Å². The van der Waals surface area contributed by atoms with Gasteiger partial charge in [0.15, 0.2) is 5.16 Å². The predicted molar refractivity (Wildman–Crippen MR) is 108 cm³/mol. The zero-order valence-electron chi connectivity index (χ0n) is 15.7. The third kappa shape index (κ3) is 4.04. The number of para-hydroxylation sites is 1. The summed E-state index contributed by atoms with van der Waals surface area (Å²) in [6.45, 7) is 5.57. The third-order valence-electron chi connectivity index (χ3n) is 4.40. The van der Waals surface area contributed by atoms with Crippen LogP contribution in [0.15, 0.2) is 47.9 Å². The van der Waals surface area contributed by atoms with E-state index in [1.165, 1.54) is 17.8 Å². The summed E-state index contributed by atoms with van der Waals surface area (Å²) >= 11 is 1.22. The van der Waals surface area contributed by atoms with E-state index in [1.807, 2.05) is 42.7 Å². The van der Waals surface area contributed by atoms with Crippen molar-refractivity contribution in [2.75, 3.05) is 11.1 Å². The molecule has 0 saturated heterocycles. The molecule has 0 radical (unpaired) electrons. The number of anilines is 1. The van der Waals surface area contributed by atoms with Gasteiger partial charge in [0.1, 0.15) is 12.0 Å². The summed E-state index contributed by atoms with van der Waals surface area (Å²) < 4.78 is 1.81. The monoisotopic (exact) mass is 397 g/mol. The molecule has 1 heterocycles. The third-order valence-corrected chi connectivity index (χ3v) is 5.34. The molecule has 3 rings (SSSR count). The van der Waals surface area contributed by atoms with Crippen LogP contribution >= 0.6 is 11.8 Å². The number of hydrogen-bond donors (Lipinski definition) is 1. The molecule has 1 amide bonds. The van der Waals surface area contributed by atoms with E-state index in [1.54, 1.807) is 19.3 Å². The number of nitro groups is 1. The van der Waals surface area contributed by atoms with E-state index in [-0.39, 0.29) is 23.0 Å². The second-order valence-electron chi connectivity index (χ2n) is 6.27. The summed E-state index contributed by atoms with van der Waals surface area (Å²) in [5, 5.41) is 22.5. The van der Waals surface area contributed by atoms with Crippen LogP contribution in [0.5, 0.6) is 0 Å². The average Bonchev–Trinajstić information content (AvgIpc) is 3.12. The van der Waals surface area contributed by atoms with Crippen LogP contribution in [0.25, 0.3) is 5.69 Å². The van der Waals surface area contributed by atoms with Crippen molar-refractivity contribution in [1.29, 1.82) is 0 Å². The van der Waals surface area contributed by atoms with Crippen molar-refractivity contribution >= 4 is 29.0 Å². The van der Waals surface area contributed by atoms with Gasteiger partial charge in [-0.15, -0.1) is 10.2 Å². The smallest absolute Gasteiger partial charge is 0.293 e. The first-order valence-corrected chi connectivity index (χ1v) is 9.50. The molecule has 0 aliphatic heterocycles. The lowest BCUT2D eigenvalue weighted by atomic mass is 10.1. The highest BCUT2D eigenvalue weighted by Gasteiger charge is 2.20. The highest BCUT2D eigenvalue weighted by molar-refractivity contribution is 7.99. The summed E-state index contributed by atoms with van der Waals surface area (Å²) in [4.78, 5) is 23.2. The number of rotatable bonds is 6. The average molecular weight is 397 g/mol. The summed E-state index contributed by atoms with van der Waals surface area (Å²) in [5.74, 6) is -0.295. The van der Waals surface area contributed by atoms with Gasteiger partial charge in [0.25, 0.3) is 5.69 Å². The molecule has 0 bridgehead atoms. The van der Waals surface area contributed by atoms with Crippen molar-refractivity contribution < 1.29 is 9.72 Å². The van der Waals surface area contributed by atoms with Crippen LogP contribution in [-0.4, -0.2) is 31.3 Å².